The number of benzene rings is 1. The normalized spacial score (nSPS) is 10.2. The van der Waals surface area contributed by atoms with Crippen LogP contribution in [0, 0.1) is 18.3 Å². The molecule has 0 fully saturated rings. The smallest absolute Gasteiger partial charge is 0.221 e. The van der Waals surface area contributed by atoms with Gasteiger partial charge in [0.1, 0.15) is 11.8 Å². The van der Waals surface area contributed by atoms with Crippen LogP contribution in [0.5, 0.6) is 5.75 Å². The summed E-state index contributed by atoms with van der Waals surface area (Å²) in [5.74, 6) is 0.305. The number of rotatable bonds is 3. The third-order valence-corrected chi connectivity index (χ3v) is 3.32. The number of amides is 1. The molecule has 0 saturated carbocycles. The number of carbonyl (C=O) groups is 1. The fourth-order valence-electron chi connectivity index (χ4n) is 2.06. The largest absolute Gasteiger partial charge is 0.492 e. The molecule has 1 heterocycles. The molecule has 2 aromatic rings. The Morgan fingerprint density at radius 2 is 2.24 bits per heavy atom. The van der Waals surface area contributed by atoms with Gasteiger partial charge in [0.05, 0.1) is 34.1 Å². The average molecular weight is 304 g/mol. The number of aryl methyl sites for hydroxylation is 1. The number of pyridine rings is 1. The van der Waals surface area contributed by atoms with Crippen LogP contribution in [0.25, 0.3) is 10.9 Å². The molecular weight excluding hydrogens is 290 g/mol. The van der Waals surface area contributed by atoms with Crippen LogP contribution in [-0.4, -0.2) is 17.5 Å². The maximum atomic E-state index is 11.3. The van der Waals surface area contributed by atoms with Crippen LogP contribution in [0.15, 0.2) is 12.1 Å². The number of nitrogens with zero attached hydrogens (tertiary/aromatic N) is 2. The van der Waals surface area contributed by atoms with Crippen molar-refractivity contribution in [1.29, 1.82) is 5.26 Å². The monoisotopic (exact) mass is 303 g/mol. The standard InChI is InChI=1S/C15H14ClN3O2/c1-4-21-14-6-12-10(5-13(14)19-9(3)20)15(16)11(7-17)8(2)18-12/h5-6H,4H2,1-3H3,(H,19,20). The van der Waals surface area contributed by atoms with E-state index in [0.717, 1.165) is 0 Å². The minimum atomic E-state index is -0.216. The molecule has 0 bridgehead atoms. The number of hydrogen-bond acceptors (Lipinski definition) is 4. The Kier molecular flexibility index (Phi) is 4.29. The topological polar surface area (TPSA) is 75.0 Å². The third-order valence-electron chi connectivity index (χ3n) is 2.93. The highest BCUT2D eigenvalue weighted by atomic mass is 35.5. The lowest BCUT2D eigenvalue weighted by Gasteiger charge is -2.13. The first kappa shape index (κ1) is 15.1. The fourth-order valence-corrected chi connectivity index (χ4v) is 2.39. The molecule has 1 aromatic heterocycles. The zero-order valence-corrected chi connectivity index (χ0v) is 12.7. The minimum Gasteiger partial charge on any atom is -0.492 e. The molecule has 1 amide bonds. The fraction of sp³-hybridized carbons (Fsp3) is 0.267. The second-order valence-corrected chi connectivity index (χ2v) is 4.86. The average Bonchev–Trinajstić information content (AvgIpc) is 2.40. The first-order valence-electron chi connectivity index (χ1n) is 6.42. The molecule has 0 aliphatic rings. The van der Waals surface area contributed by atoms with Gasteiger partial charge in [-0.3, -0.25) is 9.78 Å². The molecule has 108 valence electrons. The first-order chi connectivity index (χ1) is 9.97. The molecule has 21 heavy (non-hydrogen) atoms. The van der Waals surface area contributed by atoms with Crippen LogP contribution >= 0.6 is 11.6 Å². The summed E-state index contributed by atoms with van der Waals surface area (Å²) in [6, 6.07) is 5.43. The van der Waals surface area contributed by atoms with Crippen LogP contribution in [-0.2, 0) is 4.79 Å². The second kappa shape index (κ2) is 5.98. The minimum absolute atomic E-state index is 0.216. The van der Waals surface area contributed by atoms with E-state index in [9.17, 15) is 4.79 Å². The maximum Gasteiger partial charge on any atom is 0.221 e. The number of carbonyl (C=O) groups excluding carboxylic acids is 1. The molecule has 0 radical (unpaired) electrons. The summed E-state index contributed by atoms with van der Waals surface area (Å²) < 4.78 is 5.52. The highest BCUT2D eigenvalue weighted by Gasteiger charge is 2.15. The summed E-state index contributed by atoms with van der Waals surface area (Å²) in [7, 11) is 0. The number of fused-ring (bicyclic) bond motifs is 1. The van der Waals surface area contributed by atoms with E-state index in [0.29, 0.717) is 45.2 Å². The van der Waals surface area contributed by atoms with Crippen molar-refractivity contribution in [2.45, 2.75) is 20.8 Å². The van der Waals surface area contributed by atoms with Crippen molar-refractivity contribution in [3.63, 3.8) is 0 Å². The molecule has 5 nitrogen and oxygen atoms in total. The predicted molar refractivity (Wildman–Crippen MR) is 81.7 cm³/mol. The number of aromatic nitrogens is 1. The number of anilines is 1. The summed E-state index contributed by atoms with van der Waals surface area (Å²) >= 11 is 6.27. The number of hydrogen-bond donors (Lipinski definition) is 1. The van der Waals surface area contributed by atoms with Gasteiger partial charge in [0.15, 0.2) is 0 Å². The van der Waals surface area contributed by atoms with Crippen molar-refractivity contribution in [3.05, 3.63) is 28.4 Å². The third kappa shape index (κ3) is 2.91. The molecule has 0 aliphatic heterocycles. The molecule has 0 aliphatic carbocycles. The number of nitrogens with one attached hydrogen (secondary N) is 1. The number of halogens is 1. The van der Waals surface area contributed by atoms with Crippen LogP contribution in [0.3, 0.4) is 0 Å². The van der Waals surface area contributed by atoms with Gasteiger partial charge in [0.25, 0.3) is 0 Å². The van der Waals surface area contributed by atoms with E-state index in [4.69, 9.17) is 21.6 Å². The summed E-state index contributed by atoms with van der Waals surface area (Å²) in [6.07, 6.45) is 0. The lowest BCUT2D eigenvalue weighted by Crippen LogP contribution is -2.08. The van der Waals surface area contributed by atoms with Crippen LogP contribution in [0.2, 0.25) is 5.02 Å². The predicted octanol–water partition coefficient (Wildman–Crippen LogP) is 3.43. The first-order valence-corrected chi connectivity index (χ1v) is 6.80. The van der Waals surface area contributed by atoms with E-state index in [-0.39, 0.29) is 5.91 Å². The number of ether oxygens (including phenoxy) is 1. The van der Waals surface area contributed by atoms with E-state index in [1.165, 1.54) is 6.92 Å². The Bertz CT molecular complexity index is 766. The molecule has 1 aromatic carbocycles. The van der Waals surface area contributed by atoms with Gasteiger partial charge in [-0.25, -0.2) is 0 Å². The molecule has 0 saturated heterocycles. The molecule has 2 rings (SSSR count). The Balaban J connectivity index is 2.75. The molecular formula is C15H14ClN3O2. The van der Waals surface area contributed by atoms with Crippen LogP contribution in [0.4, 0.5) is 5.69 Å². The van der Waals surface area contributed by atoms with Gasteiger partial charge < -0.3 is 10.1 Å². The molecule has 0 unspecified atom stereocenters. The van der Waals surface area contributed by atoms with Crippen molar-refractivity contribution >= 4 is 34.1 Å². The van der Waals surface area contributed by atoms with Crippen LogP contribution < -0.4 is 10.1 Å². The van der Waals surface area contributed by atoms with Crippen molar-refractivity contribution < 1.29 is 9.53 Å². The van der Waals surface area contributed by atoms with Crippen molar-refractivity contribution in [3.8, 4) is 11.8 Å². The van der Waals surface area contributed by atoms with E-state index in [1.807, 2.05) is 13.0 Å². The number of nitriles is 1. The summed E-state index contributed by atoms with van der Waals surface area (Å²) in [6.45, 7) is 5.45. The van der Waals surface area contributed by atoms with Gasteiger partial charge in [0.2, 0.25) is 5.91 Å². The van der Waals surface area contributed by atoms with E-state index in [2.05, 4.69) is 10.3 Å². The van der Waals surface area contributed by atoms with Gasteiger partial charge in [-0.15, -0.1) is 0 Å². The molecule has 6 heteroatoms. The molecule has 1 N–H and O–H groups in total. The van der Waals surface area contributed by atoms with E-state index >= 15 is 0 Å². The Morgan fingerprint density at radius 3 is 2.81 bits per heavy atom. The summed E-state index contributed by atoms with van der Waals surface area (Å²) in [5.41, 5.74) is 2.02. The Labute approximate surface area is 127 Å². The molecule has 0 atom stereocenters. The van der Waals surface area contributed by atoms with Gasteiger partial charge in [-0.1, -0.05) is 11.6 Å². The van der Waals surface area contributed by atoms with Crippen molar-refractivity contribution in [2.75, 3.05) is 11.9 Å². The van der Waals surface area contributed by atoms with Gasteiger partial charge in [0, 0.05) is 18.4 Å². The zero-order chi connectivity index (χ0) is 15.6. The highest BCUT2D eigenvalue weighted by Crippen LogP contribution is 2.35. The summed E-state index contributed by atoms with van der Waals surface area (Å²) in [4.78, 5) is 15.7. The lowest BCUT2D eigenvalue weighted by atomic mass is 10.1. The SMILES string of the molecule is CCOc1cc2nc(C)c(C#N)c(Cl)c2cc1NC(C)=O. The Hall–Kier alpha value is -2.32. The zero-order valence-electron chi connectivity index (χ0n) is 12.0. The quantitative estimate of drug-likeness (QED) is 0.942. The van der Waals surface area contributed by atoms with Gasteiger partial charge >= 0.3 is 0 Å². The Morgan fingerprint density at radius 1 is 1.52 bits per heavy atom. The van der Waals surface area contributed by atoms with Crippen LogP contribution in [0.1, 0.15) is 25.1 Å². The second-order valence-electron chi connectivity index (χ2n) is 4.48. The van der Waals surface area contributed by atoms with Crippen molar-refractivity contribution in [1.82, 2.24) is 4.98 Å². The highest BCUT2D eigenvalue weighted by molar-refractivity contribution is 6.36. The van der Waals surface area contributed by atoms with Gasteiger partial charge in [-0.2, -0.15) is 5.26 Å². The lowest BCUT2D eigenvalue weighted by molar-refractivity contribution is -0.114. The van der Waals surface area contributed by atoms with E-state index < -0.39 is 0 Å². The summed E-state index contributed by atoms with van der Waals surface area (Å²) in [5, 5.41) is 12.8. The maximum absolute atomic E-state index is 11.3. The molecule has 0 spiro atoms. The van der Waals surface area contributed by atoms with Crippen molar-refractivity contribution in [2.24, 2.45) is 0 Å². The van der Waals surface area contributed by atoms with E-state index in [1.54, 1.807) is 19.1 Å². The van der Waals surface area contributed by atoms with Gasteiger partial charge in [-0.05, 0) is 19.9 Å².